The molecular weight excluding hydrogens is 365 g/mol. The monoisotopic (exact) mass is 389 g/mol. The summed E-state index contributed by atoms with van der Waals surface area (Å²) in [6.07, 6.45) is 2.69. The third kappa shape index (κ3) is 6.27. The van der Waals surface area contributed by atoms with Crippen molar-refractivity contribution in [3.8, 4) is 5.75 Å². The van der Waals surface area contributed by atoms with Gasteiger partial charge in [0, 0.05) is 20.1 Å². The smallest absolute Gasteiger partial charge is 0.191 e. The minimum absolute atomic E-state index is 0. The molecule has 0 amide bonds. The van der Waals surface area contributed by atoms with E-state index in [4.69, 9.17) is 4.74 Å². The minimum atomic E-state index is 0. The third-order valence-corrected chi connectivity index (χ3v) is 2.76. The van der Waals surface area contributed by atoms with E-state index >= 15 is 0 Å². The molecule has 0 spiro atoms. The van der Waals surface area contributed by atoms with E-state index in [0.29, 0.717) is 6.54 Å². The molecule has 0 aromatic heterocycles. The van der Waals surface area contributed by atoms with E-state index in [9.17, 15) is 0 Å². The highest BCUT2D eigenvalue weighted by Crippen LogP contribution is 2.19. The van der Waals surface area contributed by atoms with Gasteiger partial charge in [0.25, 0.3) is 0 Å². The van der Waals surface area contributed by atoms with Gasteiger partial charge in [-0.25, -0.2) is 0 Å². The van der Waals surface area contributed by atoms with E-state index in [-0.39, 0.29) is 24.0 Å². The largest absolute Gasteiger partial charge is 0.496 e. The lowest BCUT2D eigenvalue weighted by atomic mass is 10.1. The first kappa shape index (κ1) is 18.8. The van der Waals surface area contributed by atoms with Crippen molar-refractivity contribution in [2.24, 2.45) is 4.99 Å². The van der Waals surface area contributed by atoms with Crippen LogP contribution in [0.25, 0.3) is 0 Å². The SMILES string of the molecule is C=CCNC(=NC)NCCc1cc(C)ccc1OC.I. The van der Waals surface area contributed by atoms with Crippen molar-refractivity contribution >= 4 is 29.9 Å². The molecule has 4 nitrogen and oxygen atoms in total. The number of ether oxygens (including phenoxy) is 1. The van der Waals surface area contributed by atoms with Gasteiger partial charge in [-0.15, -0.1) is 30.6 Å². The number of nitrogens with zero attached hydrogens (tertiary/aromatic N) is 1. The van der Waals surface area contributed by atoms with Crippen LogP contribution in [-0.4, -0.2) is 33.2 Å². The Labute approximate surface area is 138 Å². The van der Waals surface area contributed by atoms with Crippen LogP contribution in [0.3, 0.4) is 0 Å². The molecule has 0 saturated carbocycles. The molecule has 0 aliphatic heterocycles. The summed E-state index contributed by atoms with van der Waals surface area (Å²) in [6.45, 7) is 7.25. The number of methoxy groups -OCH3 is 1. The highest BCUT2D eigenvalue weighted by Gasteiger charge is 2.03. The zero-order valence-electron chi connectivity index (χ0n) is 12.4. The molecular formula is C15H24IN3O. The van der Waals surface area contributed by atoms with Crippen LogP contribution in [0, 0.1) is 6.92 Å². The Hall–Kier alpha value is -1.24. The zero-order chi connectivity index (χ0) is 14.1. The molecule has 0 aliphatic rings. The lowest BCUT2D eigenvalue weighted by Crippen LogP contribution is -2.38. The van der Waals surface area contributed by atoms with Crippen LogP contribution >= 0.6 is 24.0 Å². The van der Waals surface area contributed by atoms with E-state index in [2.05, 4.69) is 41.3 Å². The van der Waals surface area contributed by atoms with Gasteiger partial charge in [0.1, 0.15) is 5.75 Å². The number of benzene rings is 1. The molecule has 1 rings (SSSR count). The number of nitrogens with one attached hydrogen (secondary N) is 2. The normalized spacial score (nSPS) is 10.4. The Morgan fingerprint density at radius 2 is 2.15 bits per heavy atom. The molecule has 0 bridgehead atoms. The number of aryl methyl sites for hydroxylation is 1. The van der Waals surface area contributed by atoms with Crippen molar-refractivity contribution in [3.63, 3.8) is 0 Å². The average Bonchev–Trinajstić information content (AvgIpc) is 2.43. The molecule has 0 radical (unpaired) electrons. The van der Waals surface area contributed by atoms with Gasteiger partial charge in [-0.2, -0.15) is 0 Å². The molecule has 1 aromatic carbocycles. The summed E-state index contributed by atoms with van der Waals surface area (Å²) in [4.78, 5) is 4.13. The maximum atomic E-state index is 5.36. The summed E-state index contributed by atoms with van der Waals surface area (Å²) in [5.74, 6) is 1.72. The summed E-state index contributed by atoms with van der Waals surface area (Å²) in [7, 11) is 3.46. The Kier molecular flexibility index (Phi) is 9.88. The lowest BCUT2D eigenvalue weighted by Gasteiger charge is -2.12. The van der Waals surface area contributed by atoms with Crippen LogP contribution in [0.1, 0.15) is 11.1 Å². The molecule has 0 atom stereocenters. The fourth-order valence-corrected chi connectivity index (χ4v) is 1.81. The molecule has 20 heavy (non-hydrogen) atoms. The van der Waals surface area contributed by atoms with Gasteiger partial charge in [0.05, 0.1) is 7.11 Å². The first-order valence-electron chi connectivity index (χ1n) is 6.40. The summed E-state index contributed by atoms with van der Waals surface area (Å²) in [6, 6.07) is 6.22. The van der Waals surface area contributed by atoms with Gasteiger partial charge in [0.2, 0.25) is 0 Å². The molecule has 0 aliphatic carbocycles. The van der Waals surface area contributed by atoms with Crippen molar-refractivity contribution in [1.82, 2.24) is 10.6 Å². The predicted molar refractivity (Wildman–Crippen MR) is 96.4 cm³/mol. The first-order valence-corrected chi connectivity index (χ1v) is 6.40. The number of hydrogen-bond donors (Lipinski definition) is 2. The van der Waals surface area contributed by atoms with Gasteiger partial charge in [-0.1, -0.05) is 23.8 Å². The Morgan fingerprint density at radius 3 is 2.75 bits per heavy atom. The van der Waals surface area contributed by atoms with Crippen molar-refractivity contribution in [3.05, 3.63) is 42.0 Å². The number of hydrogen-bond acceptors (Lipinski definition) is 2. The average molecular weight is 389 g/mol. The molecule has 1 aromatic rings. The lowest BCUT2D eigenvalue weighted by molar-refractivity contribution is 0.409. The molecule has 0 fully saturated rings. The highest BCUT2D eigenvalue weighted by atomic mass is 127. The van der Waals surface area contributed by atoms with Crippen molar-refractivity contribution < 1.29 is 4.74 Å². The van der Waals surface area contributed by atoms with Crippen molar-refractivity contribution in [2.45, 2.75) is 13.3 Å². The van der Waals surface area contributed by atoms with Gasteiger partial charge in [-0.3, -0.25) is 4.99 Å². The topological polar surface area (TPSA) is 45.7 Å². The third-order valence-electron chi connectivity index (χ3n) is 2.76. The van der Waals surface area contributed by atoms with Gasteiger partial charge < -0.3 is 15.4 Å². The Bertz CT molecular complexity index is 447. The van der Waals surface area contributed by atoms with Gasteiger partial charge in [0.15, 0.2) is 5.96 Å². The second-order valence-corrected chi connectivity index (χ2v) is 4.23. The molecule has 0 saturated heterocycles. The Morgan fingerprint density at radius 1 is 1.40 bits per heavy atom. The van der Waals surface area contributed by atoms with Crippen LogP contribution in [-0.2, 0) is 6.42 Å². The fraction of sp³-hybridized carbons (Fsp3) is 0.400. The van der Waals surface area contributed by atoms with Crippen LogP contribution in [0.15, 0.2) is 35.8 Å². The molecule has 0 heterocycles. The Balaban J connectivity index is 0.00000361. The van der Waals surface area contributed by atoms with Crippen LogP contribution in [0.5, 0.6) is 5.75 Å². The second kappa shape index (κ2) is 10.5. The van der Waals surface area contributed by atoms with Gasteiger partial charge >= 0.3 is 0 Å². The summed E-state index contributed by atoms with van der Waals surface area (Å²) >= 11 is 0. The maximum absolute atomic E-state index is 5.36. The van der Waals surface area contributed by atoms with E-state index in [1.165, 1.54) is 11.1 Å². The molecule has 5 heteroatoms. The quantitative estimate of drug-likeness (QED) is 0.340. The number of aliphatic imine (C=N–C) groups is 1. The van der Waals surface area contributed by atoms with Gasteiger partial charge in [-0.05, 0) is 25.0 Å². The van der Waals surface area contributed by atoms with E-state index in [0.717, 1.165) is 24.7 Å². The van der Waals surface area contributed by atoms with Crippen LogP contribution in [0.4, 0.5) is 0 Å². The second-order valence-electron chi connectivity index (χ2n) is 4.23. The first-order chi connectivity index (χ1) is 9.21. The summed E-state index contributed by atoms with van der Waals surface area (Å²) in [5, 5.41) is 6.39. The molecule has 2 N–H and O–H groups in total. The van der Waals surface area contributed by atoms with Crippen molar-refractivity contribution in [1.29, 1.82) is 0 Å². The fourth-order valence-electron chi connectivity index (χ4n) is 1.81. The van der Waals surface area contributed by atoms with Crippen molar-refractivity contribution in [2.75, 3.05) is 27.2 Å². The minimum Gasteiger partial charge on any atom is -0.496 e. The highest BCUT2D eigenvalue weighted by molar-refractivity contribution is 14.0. The summed E-state index contributed by atoms with van der Waals surface area (Å²) in [5.41, 5.74) is 2.44. The zero-order valence-corrected chi connectivity index (χ0v) is 14.7. The number of halogens is 1. The summed E-state index contributed by atoms with van der Waals surface area (Å²) < 4.78 is 5.36. The number of guanidine groups is 1. The predicted octanol–water partition coefficient (Wildman–Crippen LogP) is 2.52. The standard InChI is InChI=1S/C15H23N3O.HI/c1-5-9-17-15(16-3)18-10-8-13-11-12(2)6-7-14(13)19-4;/h5-7,11H,1,8-10H2,2-4H3,(H2,16,17,18);1H. The number of rotatable bonds is 6. The van der Waals surface area contributed by atoms with E-state index < -0.39 is 0 Å². The van der Waals surface area contributed by atoms with Crippen LogP contribution < -0.4 is 15.4 Å². The molecule has 112 valence electrons. The van der Waals surface area contributed by atoms with Crippen LogP contribution in [0.2, 0.25) is 0 Å². The van der Waals surface area contributed by atoms with E-state index in [1.54, 1.807) is 20.2 Å². The molecule has 0 unspecified atom stereocenters. The van der Waals surface area contributed by atoms with E-state index in [1.807, 2.05) is 6.07 Å². The maximum Gasteiger partial charge on any atom is 0.191 e.